The number of fused-ring (bicyclic) bond motifs is 1. The molecule has 1 aromatic rings. The molecule has 3 rings (SSSR count). The molecule has 0 saturated carbocycles. The fraction of sp³-hybridized carbons (Fsp3) is 0.467. The Morgan fingerprint density at radius 3 is 2.76 bits per heavy atom. The number of amides is 2. The Hall–Kier alpha value is -1.75. The van der Waals surface area contributed by atoms with Crippen molar-refractivity contribution in [3.63, 3.8) is 0 Å². The molecule has 5 nitrogen and oxygen atoms in total. The molecule has 1 N–H and O–H groups in total. The fourth-order valence-corrected chi connectivity index (χ4v) is 3.05. The van der Waals surface area contributed by atoms with Crippen LogP contribution in [-0.4, -0.2) is 47.8 Å². The highest BCUT2D eigenvalue weighted by Crippen LogP contribution is 2.32. The summed E-state index contributed by atoms with van der Waals surface area (Å²) in [5.74, 6) is 0.462. The largest absolute Gasteiger partial charge is 0.484 e. The van der Waals surface area contributed by atoms with Gasteiger partial charge in [-0.05, 0) is 12.1 Å². The SMILES string of the molecule is O=C1NCC2(CCN(C(=O)CCl)CC2)Oc2ccccc21. The molecule has 21 heavy (non-hydrogen) atoms. The highest BCUT2D eigenvalue weighted by Gasteiger charge is 2.40. The van der Waals surface area contributed by atoms with Crippen molar-refractivity contribution < 1.29 is 14.3 Å². The number of rotatable bonds is 1. The van der Waals surface area contributed by atoms with Crippen molar-refractivity contribution in [2.45, 2.75) is 18.4 Å². The topological polar surface area (TPSA) is 58.6 Å². The van der Waals surface area contributed by atoms with E-state index in [1.54, 1.807) is 11.0 Å². The van der Waals surface area contributed by atoms with Gasteiger partial charge in [0.2, 0.25) is 5.91 Å². The van der Waals surface area contributed by atoms with Crippen molar-refractivity contribution in [3.05, 3.63) is 29.8 Å². The standard InChI is InChI=1S/C15H17ClN2O3/c16-9-13(19)18-7-5-15(6-8-18)10-17-14(20)11-3-1-2-4-12(11)21-15/h1-4H,5-10H2,(H,17,20). The van der Waals surface area contributed by atoms with Gasteiger partial charge < -0.3 is 15.0 Å². The van der Waals surface area contributed by atoms with Crippen molar-refractivity contribution in [3.8, 4) is 5.75 Å². The van der Waals surface area contributed by atoms with Gasteiger partial charge >= 0.3 is 0 Å². The summed E-state index contributed by atoms with van der Waals surface area (Å²) in [4.78, 5) is 25.5. The number of nitrogens with zero attached hydrogens (tertiary/aromatic N) is 1. The summed E-state index contributed by atoms with van der Waals surface area (Å²) in [5, 5.41) is 2.93. The van der Waals surface area contributed by atoms with Crippen LogP contribution in [0.4, 0.5) is 0 Å². The lowest BCUT2D eigenvalue weighted by Gasteiger charge is -2.40. The van der Waals surface area contributed by atoms with Gasteiger partial charge in [-0.1, -0.05) is 12.1 Å². The number of piperidine rings is 1. The van der Waals surface area contributed by atoms with Crippen LogP contribution in [0.5, 0.6) is 5.75 Å². The summed E-state index contributed by atoms with van der Waals surface area (Å²) in [7, 11) is 0. The average Bonchev–Trinajstić information content (AvgIpc) is 2.65. The zero-order valence-electron chi connectivity index (χ0n) is 11.6. The molecule has 1 aromatic carbocycles. The first-order valence-corrected chi connectivity index (χ1v) is 7.57. The van der Waals surface area contributed by atoms with Gasteiger partial charge in [0.1, 0.15) is 17.2 Å². The molecule has 1 spiro atoms. The minimum Gasteiger partial charge on any atom is -0.484 e. The molecule has 2 aliphatic rings. The molecule has 112 valence electrons. The summed E-state index contributed by atoms with van der Waals surface area (Å²) in [6.45, 7) is 1.66. The quantitative estimate of drug-likeness (QED) is 0.798. The van der Waals surface area contributed by atoms with E-state index < -0.39 is 5.60 Å². The number of hydrogen-bond acceptors (Lipinski definition) is 3. The van der Waals surface area contributed by atoms with Crippen LogP contribution in [0.3, 0.4) is 0 Å². The van der Waals surface area contributed by atoms with Crippen LogP contribution in [-0.2, 0) is 4.79 Å². The summed E-state index contributed by atoms with van der Waals surface area (Å²) < 4.78 is 6.16. The van der Waals surface area contributed by atoms with E-state index in [2.05, 4.69) is 5.32 Å². The maximum Gasteiger partial charge on any atom is 0.255 e. The molecule has 0 unspecified atom stereocenters. The van der Waals surface area contributed by atoms with Crippen molar-refractivity contribution in [2.24, 2.45) is 0 Å². The second-order valence-corrected chi connectivity index (χ2v) is 5.75. The highest BCUT2D eigenvalue weighted by atomic mass is 35.5. The average molecular weight is 309 g/mol. The molecule has 2 heterocycles. The predicted molar refractivity (Wildman–Crippen MR) is 78.7 cm³/mol. The number of nitrogens with one attached hydrogen (secondary N) is 1. The van der Waals surface area contributed by atoms with Gasteiger partial charge in [-0.25, -0.2) is 0 Å². The van der Waals surface area contributed by atoms with Crippen LogP contribution in [0.25, 0.3) is 0 Å². The van der Waals surface area contributed by atoms with Crippen LogP contribution in [0, 0.1) is 0 Å². The molecule has 1 fully saturated rings. The van der Waals surface area contributed by atoms with Crippen molar-refractivity contribution in [2.75, 3.05) is 25.5 Å². The molecule has 0 bridgehead atoms. The Morgan fingerprint density at radius 2 is 2.05 bits per heavy atom. The molecule has 2 aliphatic heterocycles. The molecule has 0 aromatic heterocycles. The van der Waals surface area contributed by atoms with Crippen molar-refractivity contribution >= 4 is 23.4 Å². The van der Waals surface area contributed by atoms with Crippen LogP contribution >= 0.6 is 11.6 Å². The summed E-state index contributed by atoms with van der Waals surface area (Å²) in [6, 6.07) is 7.26. The van der Waals surface area contributed by atoms with E-state index in [1.165, 1.54) is 0 Å². The zero-order chi connectivity index (χ0) is 14.9. The molecular formula is C15H17ClN2O3. The first-order valence-electron chi connectivity index (χ1n) is 7.03. The number of carbonyl (C=O) groups is 2. The predicted octanol–water partition coefficient (Wildman–Crippen LogP) is 1.41. The van der Waals surface area contributed by atoms with E-state index in [-0.39, 0.29) is 17.7 Å². The Balaban J connectivity index is 1.79. The van der Waals surface area contributed by atoms with Gasteiger partial charge in [-0.2, -0.15) is 0 Å². The third-order valence-electron chi connectivity index (χ3n) is 4.17. The first kappa shape index (κ1) is 14.2. The lowest BCUT2D eigenvalue weighted by Crippen LogP contribution is -2.54. The van der Waals surface area contributed by atoms with Crippen LogP contribution in [0.1, 0.15) is 23.2 Å². The fourth-order valence-electron chi connectivity index (χ4n) is 2.88. The summed E-state index contributed by atoms with van der Waals surface area (Å²) >= 11 is 5.60. The second kappa shape index (κ2) is 5.56. The minimum absolute atomic E-state index is 0.00737. The first-order chi connectivity index (χ1) is 10.1. The number of halogens is 1. The maximum absolute atomic E-state index is 12.1. The second-order valence-electron chi connectivity index (χ2n) is 5.48. The smallest absolute Gasteiger partial charge is 0.255 e. The number of alkyl halides is 1. The van der Waals surface area contributed by atoms with Gasteiger partial charge in [0.25, 0.3) is 5.91 Å². The Labute approximate surface area is 128 Å². The summed E-state index contributed by atoms with van der Waals surface area (Å²) in [6.07, 6.45) is 1.37. The molecule has 0 atom stereocenters. The van der Waals surface area contributed by atoms with E-state index in [0.29, 0.717) is 43.8 Å². The van der Waals surface area contributed by atoms with Crippen LogP contribution in [0.2, 0.25) is 0 Å². The van der Waals surface area contributed by atoms with Crippen molar-refractivity contribution in [1.29, 1.82) is 0 Å². The highest BCUT2D eigenvalue weighted by molar-refractivity contribution is 6.27. The van der Waals surface area contributed by atoms with Gasteiger partial charge in [0.05, 0.1) is 12.1 Å². The normalized spacial score (nSPS) is 20.2. The number of hydrogen-bond donors (Lipinski definition) is 1. The lowest BCUT2D eigenvalue weighted by atomic mass is 9.91. The third kappa shape index (κ3) is 2.70. The van der Waals surface area contributed by atoms with E-state index in [9.17, 15) is 9.59 Å². The maximum atomic E-state index is 12.1. The molecule has 2 amide bonds. The van der Waals surface area contributed by atoms with E-state index in [4.69, 9.17) is 16.3 Å². The molecular weight excluding hydrogens is 292 g/mol. The Bertz CT molecular complexity index is 568. The van der Waals surface area contributed by atoms with E-state index in [0.717, 1.165) is 0 Å². The minimum atomic E-state index is -0.439. The van der Waals surface area contributed by atoms with E-state index in [1.807, 2.05) is 18.2 Å². The van der Waals surface area contributed by atoms with Crippen molar-refractivity contribution in [1.82, 2.24) is 10.2 Å². The van der Waals surface area contributed by atoms with Crippen LogP contribution < -0.4 is 10.1 Å². The summed E-state index contributed by atoms with van der Waals surface area (Å²) in [5.41, 5.74) is 0.124. The molecule has 1 saturated heterocycles. The number of carbonyl (C=O) groups excluding carboxylic acids is 2. The van der Waals surface area contributed by atoms with Gasteiger partial charge in [0, 0.05) is 25.9 Å². The lowest BCUT2D eigenvalue weighted by molar-refractivity contribution is -0.131. The number of para-hydroxylation sites is 1. The van der Waals surface area contributed by atoms with Gasteiger partial charge in [0.15, 0.2) is 0 Å². The van der Waals surface area contributed by atoms with Gasteiger partial charge in [-0.15, -0.1) is 11.6 Å². The number of ether oxygens (including phenoxy) is 1. The Morgan fingerprint density at radius 1 is 1.33 bits per heavy atom. The van der Waals surface area contributed by atoms with Gasteiger partial charge in [-0.3, -0.25) is 9.59 Å². The number of benzene rings is 1. The molecule has 6 heteroatoms. The molecule has 0 radical (unpaired) electrons. The zero-order valence-corrected chi connectivity index (χ0v) is 12.4. The number of likely N-dealkylation sites (tertiary alicyclic amines) is 1. The van der Waals surface area contributed by atoms with E-state index >= 15 is 0 Å². The van der Waals surface area contributed by atoms with Crippen LogP contribution in [0.15, 0.2) is 24.3 Å². The Kier molecular flexibility index (Phi) is 3.76. The molecule has 0 aliphatic carbocycles. The third-order valence-corrected chi connectivity index (χ3v) is 4.40. The monoisotopic (exact) mass is 308 g/mol.